The molecule has 0 heterocycles. The number of para-hydroxylation sites is 1. The van der Waals surface area contributed by atoms with Gasteiger partial charge in [0.05, 0.1) is 4.90 Å². The van der Waals surface area contributed by atoms with Gasteiger partial charge in [0.1, 0.15) is 11.5 Å². The van der Waals surface area contributed by atoms with E-state index in [4.69, 9.17) is 0 Å². The molecule has 0 amide bonds. The molecule has 0 bridgehead atoms. The van der Waals surface area contributed by atoms with Gasteiger partial charge in [-0.1, -0.05) is 23.9 Å². The summed E-state index contributed by atoms with van der Waals surface area (Å²) in [5.74, 6) is 0.380. The van der Waals surface area contributed by atoms with Gasteiger partial charge in [-0.3, -0.25) is 0 Å². The predicted molar refractivity (Wildman–Crippen MR) is 67.6 cm³/mol. The van der Waals surface area contributed by atoms with Gasteiger partial charge in [-0.05, 0) is 30.3 Å². The van der Waals surface area contributed by atoms with Gasteiger partial charge in [-0.25, -0.2) is 0 Å². The monoisotopic (exact) mass is 250 g/mol. The number of phenolic OH excluding ortho intramolecular Hbond substituents is 2. The molecule has 0 atom stereocenters. The van der Waals surface area contributed by atoms with E-state index in [1.54, 1.807) is 24.3 Å². The average molecular weight is 250 g/mol. The molecule has 0 aliphatic carbocycles. The third kappa shape index (κ3) is 2.46. The van der Waals surface area contributed by atoms with E-state index < -0.39 is 0 Å². The SMILES string of the molecule is Oc1cc(Sc2ccccc2O)ccc1S. The lowest BCUT2D eigenvalue weighted by Gasteiger charge is -2.05. The number of aromatic hydroxyl groups is 2. The smallest absolute Gasteiger partial charge is 0.130 e. The standard InChI is InChI=1S/C12H10O2S2/c13-9-3-1-2-4-12(9)16-8-5-6-11(15)10(14)7-8/h1-7,13-15H. The third-order valence-electron chi connectivity index (χ3n) is 2.04. The first-order chi connectivity index (χ1) is 7.66. The van der Waals surface area contributed by atoms with Gasteiger partial charge in [0, 0.05) is 9.79 Å². The van der Waals surface area contributed by atoms with Crippen LogP contribution in [0.2, 0.25) is 0 Å². The van der Waals surface area contributed by atoms with Gasteiger partial charge < -0.3 is 10.2 Å². The van der Waals surface area contributed by atoms with Gasteiger partial charge in [0.2, 0.25) is 0 Å². The third-order valence-corrected chi connectivity index (χ3v) is 3.47. The zero-order chi connectivity index (χ0) is 11.5. The second kappa shape index (κ2) is 4.72. The first-order valence-electron chi connectivity index (χ1n) is 4.64. The maximum Gasteiger partial charge on any atom is 0.130 e. The predicted octanol–water partition coefficient (Wildman–Crippen LogP) is 3.54. The molecule has 4 heteroatoms. The maximum absolute atomic E-state index is 9.60. The van der Waals surface area contributed by atoms with E-state index in [1.165, 1.54) is 11.8 Å². The molecule has 82 valence electrons. The van der Waals surface area contributed by atoms with Crippen LogP contribution < -0.4 is 0 Å². The number of thiol groups is 1. The van der Waals surface area contributed by atoms with Crippen molar-refractivity contribution >= 4 is 24.4 Å². The van der Waals surface area contributed by atoms with Gasteiger partial charge in [0.25, 0.3) is 0 Å². The van der Waals surface area contributed by atoms with E-state index >= 15 is 0 Å². The van der Waals surface area contributed by atoms with Crippen LogP contribution in [0.5, 0.6) is 11.5 Å². The molecule has 0 aromatic heterocycles. The number of benzene rings is 2. The average Bonchev–Trinajstić information content (AvgIpc) is 2.27. The van der Waals surface area contributed by atoms with E-state index in [2.05, 4.69) is 12.6 Å². The molecule has 16 heavy (non-hydrogen) atoms. The molecule has 2 nitrogen and oxygen atoms in total. The Morgan fingerprint density at radius 3 is 2.38 bits per heavy atom. The molecule has 0 fully saturated rings. The molecule has 2 aromatic rings. The first kappa shape index (κ1) is 11.2. The first-order valence-corrected chi connectivity index (χ1v) is 5.91. The van der Waals surface area contributed by atoms with Crippen LogP contribution in [-0.4, -0.2) is 10.2 Å². The molecule has 2 aromatic carbocycles. The minimum atomic E-state index is 0.142. The number of rotatable bonds is 2. The van der Waals surface area contributed by atoms with Crippen LogP contribution in [0.15, 0.2) is 57.2 Å². The Labute approximate surface area is 103 Å². The largest absolute Gasteiger partial charge is 0.507 e. The summed E-state index contributed by atoms with van der Waals surface area (Å²) in [6, 6.07) is 12.3. The zero-order valence-electron chi connectivity index (χ0n) is 8.29. The molecular weight excluding hydrogens is 240 g/mol. The van der Waals surface area contributed by atoms with Crippen molar-refractivity contribution in [2.24, 2.45) is 0 Å². The van der Waals surface area contributed by atoms with Crippen molar-refractivity contribution < 1.29 is 10.2 Å². The molecule has 2 N–H and O–H groups in total. The van der Waals surface area contributed by atoms with Crippen molar-refractivity contribution in [2.75, 3.05) is 0 Å². The summed E-state index contributed by atoms with van der Waals surface area (Å²) in [6.07, 6.45) is 0. The Kier molecular flexibility index (Phi) is 3.31. The van der Waals surface area contributed by atoms with Crippen molar-refractivity contribution in [1.82, 2.24) is 0 Å². The molecule has 0 saturated carbocycles. The Hall–Kier alpha value is -1.26. The van der Waals surface area contributed by atoms with Crippen LogP contribution in [0, 0.1) is 0 Å². The van der Waals surface area contributed by atoms with Crippen LogP contribution >= 0.6 is 24.4 Å². The summed E-state index contributed by atoms with van der Waals surface area (Å²) in [6.45, 7) is 0. The lowest BCUT2D eigenvalue weighted by Crippen LogP contribution is -1.76. The highest BCUT2D eigenvalue weighted by Gasteiger charge is 2.04. The van der Waals surface area contributed by atoms with Crippen LogP contribution in [0.25, 0.3) is 0 Å². The molecule has 0 aliphatic rings. The Bertz CT molecular complexity index is 512. The van der Waals surface area contributed by atoms with E-state index in [1.807, 2.05) is 18.2 Å². The van der Waals surface area contributed by atoms with Gasteiger partial charge in [0.15, 0.2) is 0 Å². The van der Waals surface area contributed by atoms with E-state index in [0.29, 0.717) is 4.90 Å². The van der Waals surface area contributed by atoms with Crippen molar-refractivity contribution in [3.8, 4) is 11.5 Å². The van der Waals surface area contributed by atoms with Gasteiger partial charge in [-0.15, -0.1) is 12.6 Å². The van der Waals surface area contributed by atoms with Crippen molar-refractivity contribution in [1.29, 1.82) is 0 Å². The van der Waals surface area contributed by atoms with E-state index in [9.17, 15) is 10.2 Å². The molecular formula is C12H10O2S2. The fourth-order valence-electron chi connectivity index (χ4n) is 1.24. The summed E-state index contributed by atoms with van der Waals surface area (Å²) in [7, 11) is 0. The van der Waals surface area contributed by atoms with E-state index in [-0.39, 0.29) is 11.5 Å². The van der Waals surface area contributed by atoms with Gasteiger partial charge >= 0.3 is 0 Å². The summed E-state index contributed by atoms with van der Waals surface area (Å²) in [5.41, 5.74) is 0. The zero-order valence-corrected chi connectivity index (χ0v) is 10.0. The normalized spacial score (nSPS) is 10.3. The highest BCUT2D eigenvalue weighted by molar-refractivity contribution is 7.99. The van der Waals surface area contributed by atoms with E-state index in [0.717, 1.165) is 9.79 Å². The van der Waals surface area contributed by atoms with Crippen LogP contribution in [0.1, 0.15) is 0 Å². The Balaban J connectivity index is 2.28. The van der Waals surface area contributed by atoms with Crippen LogP contribution in [0.3, 0.4) is 0 Å². The molecule has 0 aliphatic heterocycles. The fourth-order valence-corrected chi connectivity index (χ4v) is 2.26. The molecule has 0 saturated heterocycles. The highest BCUT2D eigenvalue weighted by atomic mass is 32.2. The van der Waals surface area contributed by atoms with Crippen molar-refractivity contribution in [3.63, 3.8) is 0 Å². The summed E-state index contributed by atoms with van der Waals surface area (Å²) < 4.78 is 0. The topological polar surface area (TPSA) is 40.5 Å². The summed E-state index contributed by atoms with van der Waals surface area (Å²) in [4.78, 5) is 2.16. The minimum Gasteiger partial charge on any atom is -0.507 e. The van der Waals surface area contributed by atoms with Gasteiger partial charge in [-0.2, -0.15) is 0 Å². The second-order valence-corrected chi connectivity index (χ2v) is 4.82. The minimum absolute atomic E-state index is 0.142. The Morgan fingerprint density at radius 1 is 0.938 bits per heavy atom. The fraction of sp³-hybridized carbons (Fsp3) is 0. The van der Waals surface area contributed by atoms with Crippen LogP contribution in [-0.2, 0) is 0 Å². The highest BCUT2D eigenvalue weighted by Crippen LogP contribution is 2.36. The summed E-state index contributed by atoms with van der Waals surface area (Å²) in [5, 5.41) is 19.1. The lowest BCUT2D eigenvalue weighted by molar-refractivity contribution is 0.460. The lowest BCUT2D eigenvalue weighted by atomic mass is 10.3. The quantitative estimate of drug-likeness (QED) is 0.714. The molecule has 2 rings (SSSR count). The van der Waals surface area contributed by atoms with Crippen molar-refractivity contribution in [2.45, 2.75) is 14.7 Å². The second-order valence-electron chi connectivity index (χ2n) is 3.22. The molecule has 0 unspecified atom stereocenters. The maximum atomic E-state index is 9.60. The molecule has 0 spiro atoms. The number of hydrogen-bond donors (Lipinski definition) is 3. The number of hydrogen-bond acceptors (Lipinski definition) is 4. The van der Waals surface area contributed by atoms with Crippen LogP contribution in [0.4, 0.5) is 0 Å². The van der Waals surface area contributed by atoms with Crippen molar-refractivity contribution in [3.05, 3.63) is 42.5 Å². The summed E-state index contributed by atoms with van der Waals surface area (Å²) >= 11 is 5.48. The Morgan fingerprint density at radius 2 is 1.69 bits per heavy atom. The molecule has 0 radical (unpaired) electrons. The number of phenols is 2.